The molecule has 0 aliphatic heterocycles. The highest BCUT2D eigenvalue weighted by atomic mass is 19.1. The monoisotopic (exact) mass is 257 g/mol. The van der Waals surface area contributed by atoms with E-state index in [1.54, 1.807) is 22.9 Å². The van der Waals surface area contributed by atoms with Crippen molar-refractivity contribution in [1.29, 1.82) is 0 Å². The molecule has 3 aromatic rings. The summed E-state index contributed by atoms with van der Waals surface area (Å²) < 4.78 is 15.3. The summed E-state index contributed by atoms with van der Waals surface area (Å²) in [7, 11) is 1.81. The highest BCUT2D eigenvalue weighted by molar-refractivity contribution is 5.90. The summed E-state index contributed by atoms with van der Waals surface area (Å²) in [6, 6.07) is 6.47. The summed E-state index contributed by atoms with van der Waals surface area (Å²) in [6.07, 6.45) is 1.44. The number of aromatic nitrogens is 4. The molecule has 19 heavy (non-hydrogen) atoms. The highest BCUT2D eigenvalue weighted by Gasteiger charge is 2.13. The smallest absolute Gasteiger partial charge is 0.163 e. The molecule has 0 unspecified atom stereocenters. The van der Waals surface area contributed by atoms with Gasteiger partial charge in [0.05, 0.1) is 16.8 Å². The Kier molecular flexibility index (Phi) is 2.63. The standard InChI is InChI=1S/C13H12FN5/c1-8-11-12(15-7-16-13(11)19(2)18-8)17-10-6-4-3-5-9(10)14/h3-7H,1-2H3,(H,15,16,17). The van der Waals surface area contributed by atoms with E-state index < -0.39 is 0 Å². The van der Waals surface area contributed by atoms with Gasteiger partial charge in [-0.1, -0.05) is 12.1 Å². The number of hydrogen-bond acceptors (Lipinski definition) is 4. The third-order valence-corrected chi connectivity index (χ3v) is 2.92. The van der Waals surface area contributed by atoms with E-state index in [9.17, 15) is 4.39 Å². The Labute approximate surface area is 109 Å². The molecule has 0 aliphatic rings. The number of para-hydroxylation sites is 1. The van der Waals surface area contributed by atoms with E-state index in [-0.39, 0.29) is 5.82 Å². The van der Waals surface area contributed by atoms with Gasteiger partial charge in [-0.05, 0) is 19.1 Å². The van der Waals surface area contributed by atoms with Crippen LogP contribution in [0.2, 0.25) is 0 Å². The van der Waals surface area contributed by atoms with Crippen LogP contribution in [0, 0.1) is 12.7 Å². The van der Waals surface area contributed by atoms with E-state index in [4.69, 9.17) is 0 Å². The van der Waals surface area contributed by atoms with Crippen molar-refractivity contribution in [2.24, 2.45) is 7.05 Å². The molecule has 0 bridgehead atoms. The number of anilines is 2. The van der Waals surface area contributed by atoms with Crippen molar-refractivity contribution >= 4 is 22.5 Å². The molecule has 0 radical (unpaired) electrons. The van der Waals surface area contributed by atoms with Crippen molar-refractivity contribution < 1.29 is 4.39 Å². The van der Waals surface area contributed by atoms with Gasteiger partial charge in [0.15, 0.2) is 5.65 Å². The van der Waals surface area contributed by atoms with Gasteiger partial charge in [-0.3, -0.25) is 4.68 Å². The van der Waals surface area contributed by atoms with E-state index >= 15 is 0 Å². The predicted molar refractivity (Wildman–Crippen MR) is 70.7 cm³/mol. The summed E-state index contributed by atoms with van der Waals surface area (Å²) in [5.41, 5.74) is 1.90. The fourth-order valence-electron chi connectivity index (χ4n) is 2.06. The lowest BCUT2D eigenvalue weighted by molar-refractivity contribution is 0.632. The number of aryl methyl sites for hydroxylation is 2. The molecule has 0 saturated carbocycles. The van der Waals surface area contributed by atoms with Gasteiger partial charge < -0.3 is 5.32 Å². The van der Waals surface area contributed by atoms with Crippen molar-refractivity contribution in [2.75, 3.05) is 5.32 Å². The second-order valence-corrected chi connectivity index (χ2v) is 4.23. The minimum absolute atomic E-state index is 0.323. The summed E-state index contributed by atoms with van der Waals surface area (Å²) in [5, 5.41) is 8.08. The number of hydrogen-bond donors (Lipinski definition) is 1. The largest absolute Gasteiger partial charge is 0.337 e. The zero-order chi connectivity index (χ0) is 13.4. The summed E-state index contributed by atoms with van der Waals surface area (Å²) in [4.78, 5) is 8.36. The van der Waals surface area contributed by atoms with Crippen LogP contribution in [-0.4, -0.2) is 19.7 Å². The maximum absolute atomic E-state index is 13.7. The fraction of sp³-hybridized carbons (Fsp3) is 0.154. The lowest BCUT2D eigenvalue weighted by Gasteiger charge is -2.07. The average Bonchev–Trinajstić information content (AvgIpc) is 2.69. The number of nitrogens with zero attached hydrogens (tertiary/aromatic N) is 4. The first kappa shape index (κ1) is 11.6. The van der Waals surface area contributed by atoms with E-state index in [0.717, 1.165) is 11.1 Å². The van der Waals surface area contributed by atoms with E-state index in [1.165, 1.54) is 12.4 Å². The van der Waals surface area contributed by atoms with Gasteiger partial charge in [-0.25, -0.2) is 14.4 Å². The van der Waals surface area contributed by atoms with Crippen LogP contribution in [0.1, 0.15) is 5.69 Å². The van der Waals surface area contributed by atoms with Crippen LogP contribution in [0.25, 0.3) is 11.0 Å². The second kappa shape index (κ2) is 4.31. The van der Waals surface area contributed by atoms with Gasteiger partial charge in [0.1, 0.15) is 18.0 Å². The lowest BCUT2D eigenvalue weighted by atomic mass is 10.2. The molecule has 96 valence electrons. The quantitative estimate of drug-likeness (QED) is 0.766. The van der Waals surface area contributed by atoms with Crippen LogP contribution >= 0.6 is 0 Å². The first-order chi connectivity index (χ1) is 9.16. The first-order valence-corrected chi connectivity index (χ1v) is 5.82. The Morgan fingerprint density at radius 2 is 2.00 bits per heavy atom. The predicted octanol–water partition coefficient (Wildman–Crippen LogP) is 2.55. The molecule has 0 spiro atoms. The molecule has 0 aliphatic carbocycles. The van der Waals surface area contributed by atoms with Crippen LogP contribution in [0.15, 0.2) is 30.6 Å². The molecule has 0 fully saturated rings. The molecule has 3 rings (SSSR count). The normalized spacial score (nSPS) is 10.9. The van der Waals surface area contributed by atoms with Crippen LogP contribution in [-0.2, 0) is 7.05 Å². The molecule has 2 aromatic heterocycles. The SMILES string of the molecule is Cc1nn(C)c2ncnc(Nc3ccccc3F)c12. The van der Waals surface area contributed by atoms with Crippen molar-refractivity contribution in [3.05, 3.63) is 42.1 Å². The van der Waals surface area contributed by atoms with Crippen molar-refractivity contribution in [3.63, 3.8) is 0 Å². The topological polar surface area (TPSA) is 55.6 Å². The van der Waals surface area contributed by atoms with Gasteiger partial charge >= 0.3 is 0 Å². The van der Waals surface area contributed by atoms with Crippen molar-refractivity contribution in [2.45, 2.75) is 6.92 Å². The summed E-state index contributed by atoms with van der Waals surface area (Å²) in [6.45, 7) is 1.87. The minimum atomic E-state index is -0.323. The van der Waals surface area contributed by atoms with Gasteiger partial charge in [-0.15, -0.1) is 0 Å². The van der Waals surface area contributed by atoms with Gasteiger partial charge in [0.25, 0.3) is 0 Å². The molecular weight excluding hydrogens is 245 g/mol. The van der Waals surface area contributed by atoms with Crippen LogP contribution < -0.4 is 5.32 Å². The molecule has 1 aromatic carbocycles. The molecule has 2 heterocycles. The van der Waals surface area contributed by atoms with E-state index in [2.05, 4.69) is 20.4 Å². The Morgan fingerprint density at radius 3 is 2.79 bits per heavy atom. The lowest BCUT2D eigenvalue weighted by Crippen LogP contribution is -1.98. The van der Waals surface area contributed by atoms with Crippen LogP contribution in [0.4, 0.5) is 15.9 Å². The Bertz CT molecular complexity index is 750. The van der Waals surface area contributed by atoms with Crippen molar-refractivity contribution in [1.82, 2.24) is 19.7 Å². The second-order valence-electron chi connectivity index (χ2n) is 4.23. The van der Waals surface area contributed by atoms with E-state index in [0.29, 0.717) is 17.2 Å². The first-order valence-electron chi connectivity index (χ1n) is 5.82. The fourth-order valence-corrected chi connectivity index (χ4v) is 2.06. The van der Waals surface area contributed by atoms with Crippen LogP contribution in [0.5, 0.6) is 0 Å². The molecule has 1 N–H and O–H groups in total. The van der Waals surface area contributed by atoms with Gasteiger partial charge in [0.2, 0.25) is 0 Å². The molecular formula is C13H12FN5. The molecule has 0 saturated heterocycles. The Hall–Kier alpha value is -2.50. The molecule has 6 heteroatoms. The number of fused-ring (bicyclic) bond motifs is 1. The number of nitrogens with one attached hydrogen (secondary N) is 1. The number of benzene rings is 1. The zero-order valence-corrected chi connectivity index (χ0v) is 10.6. The summed E-state index contributed by atoms with van der Waals surface area (Å²) >= 11 is 0. The molecule has 0 amide bonds. The van der Waals surface area contributed by atoms with Crippen LogP contribution in [0.3, 0.4) is 0 Å². The Balaban J connectivity index is 2.14. The highest BCUT2D eigenvalue weighted by Crippen LogP contribution is 2.26. The minimum Gasteiger partial charge on any atom is -0.337 e. The maximum atomic E-state index is 13.7. The molecule has 0 atom stereocenters. The summed E-state index contributed by atoms with van der Waals surface area (Å²) in [5.74, 6) is 0.233. The van der Waals surface area contributed by atoms with Gasteiger partial charge in [0, 0.05) is 7.05 Å². The van der Waals surface area contributed by atoms with Gasteiger partial charge in [-0.2, -0.15) is 5.10 Å². The zero-order valence-electron chi connectivity index (χ0n) is 10.6. The van der Waals surface area contributed by atoms with Crippen molar-refractivity contribution in [3.8, 4) is 0 Å². The Morgan fingerprint density at radius 1 is 1.21 bits per heavy atom. The van der Waals surface area contributed by atoms with E-state index in [1.807, 2.05) is 14.0 Å². The number of rotatable bonds is 2. The average molecular weight is 257 g/mol. The third kappa shape index (κ3) is 1.91. The maximum Gasteiger partial charge on any atom is 0.163 e. The number of halogens is 1. The molecule has 5 nitrogen and oxygen atoms in total. The third-order valence-electron chi connectivity index (χ3n) is 2.92.